The second-order valence-corrected chi connectivity index (χ2v) is 6.87. The van der Waals surface area contributed by atoms with Crippen molar-refractivity contribution < 1.29 is 4.79 Å². The summed E-state index contributed by atoms with van der Waals surface area (Å²) in [5.74, 6) is -0.103. The standard InChI is InChI=1S/C16H14N2OS2/c1-10-5-7-12(8-6-10)14-11(2)21-16(17-14)18-15(19)13-4-3-9-20-13/h3-9H,1-2H3,(H,17,18,19). The van der Waals surface area contributed by atoms with Crippen molar-refractivity contribution in [1.29, 1.82) is 0 Å². The second kappa shape index (κ2) is 5.79. The number of benzene rings is 1. The number of rotatable bonds is 3. The molecule has 0 bridgehead atoms. The van der Waals surface area contributed by atoms with E-state index in [4.69, 9.17) is 0 Å². The van der Waals surface area contributed by atoms with E-state index in [1.807, 2.05) is 18.4 Å². The Morgan fingerprint density at radius 2 is 1.90 bits per heavy atom. The molecular formula is C16H14N2OS2. The molecule has 0 unspecified atom stereocenters. The van der Waals surface area contributed by atoms with Crippen LogP contribution in [0.5, 0.6) is 0 Å². The highest BCUT2D eigenvalue weighted by atomic mass is 32.1. The molecule has 0 aliphatic heterocycles. The Bertz CT molecular complexity index is 758. The SMILES string of the molecule is Cc1ccc(-c2nc(NC(=O)c3cccs3)sc2C)cc1. The summed E-state index contributed by atoms with van der Waals surface area (Å²) in [5, 5.41) is 5.39. The summed E-state index contributed by atoms with van der Waals surface area (Å²) < 4.78 is 0. The topological polar surface area (TPSA) is 42.0 Å². The van der Waals surface area contributed by atoms with Gasteiger partial charge in [-0.05, 0) is 25.3 Å². The summed E-state index contributed by atoms with van der Waals surface area (Å²) in [4.78, 5) is 18.4. The Kier molecular flexibility index (Phi) is 3.86. The van der Waals surface area contributed by atoms with Gasteiger partial charge in [0.1, 0.15) is 0 Å². The predicted octanol–water partition coefficient (Wildman–Crippen LogP) is 4.74. The van der Waals surface area contributed by atoms with Crippen LogP contribution in [0.4, 0.5) is 5.13 Å². The Morgan fingerprint density at radius 3 is 2.57 bits per heavy atom. The van der Waals surface area contributed by atoms with E-state index in [1.54, 1.807) is 6.07 Å². The van der Waals surface area contributed by atoms with Crippen LogP contribution >= 0.6 is 22.7 Å². The molecule has 106 valence electrons. The van der Waals surface area contributed by atoms with E-state index in [0.29, 0.717) is 10.0 Å². The van der Waals surface area contributed by atoms with Gasteiger partial charge in [-0.2, -0.15) is 0 Å². The van der Waals surface area contributed by atoms with Crippen molar-refractivity contribution in [2.75, 3.05) is 5.32 Å². The lowest BCUT2D eigenvalue weighted by Gasteiger charge is -1.99. The van der Waals surface area contributed by atoms with Gasteiger partial charge in [0.25, 0.3) is 5.91 Å². The lowest BCUT2D eigenvalue weighted by Crippen LogP contribution is -2.09. The smallest absolute Gasteiger partial charge is 0.267 e. The van der Waals surface area contributed by atoms with Gasteiger partial charge in [0, 0.05) is 10.4 Å². The van der Waals surface area contributed by atoms with Crippen molar-refractivity contribution in [3.8, 4) is 11.3 Å². The van der Waals surface area contributed by atoms with Crippen molar-refractivity contribution in [1.82, 2.24) is 4.98 Å². The van der Waals surface area contributed by atoms with Gasteiger partial charge >= 0.3 is 0 Å². The second-order valence-electron chi connectivity index (χ2n) is 4.72. The molecule has 0 radical (unpaired) electrons. The van der Waals surface area contributed by atoms with Gasteiger partial charge in [0.15, 0.2) is 5.13 Å². The molecule has 5 heteroatoms. The minimum absolute atomic E-state index is 0.103. The zero-order valence-electron chi connectivity index (χ0n) is 11.7. The first-order valence-corrected chi connectivity index (χ1v) is 8.22. The van der Waals surface area contributed by atoms with E-state index < -0.39 is 0 Å². The summed E-state index contributed by atoms with van der Waals surface area (Å²) in [6.45, 7) is 4.08. The number of aromatic nitrogens is 1. The van der Waals surface area contributed by atoms with Gasteiger partial charge in [0.2, 0.25) is 0 Å². The largest absolute Gasteiger partial charge is 0.297 e. The number of anilines is 1. The molecule has 0 aliphatic rings. The first kappa shape index (κ1) is 14.0. The Balaban J connectivity index is 1.84. The summed E-state index contributed by atoms with van der Waals surface area (Å²) in [7, 11) is 0. The molecule has 1 aromatic carbocycles. The number of amides is 1. The zero-order valence-corrected chi connectivity index (χ0v) is 13.3. The third-order valence-electron chi connectivity index (χ3n) is 3.09. The molecule has 0 saturated heterocycles. The summed E-state index contributed by atoms with van der Waals surface area (Å²) >= 11 is 2.92. The Morgan fingerprint density at radius 1 is 1.14 bits per heavy atom. The Hall–Kier alpha value is -1.98. The molecule has 21 heavy (non-hydrogen) atoms. The van der Waals surface area contributed by atoms with Crippen LogP contribution in [0.25, 0.3) is 11.3 Å². The lowest BCUT2D eigenvalue weighted by atomic mass is 10.1. The summed E-state index contributed by atoms with van der Waals surface area (Å²) in [6.07, 6.45) is 0. The van der Waals surface area contributed by atoms with Gasteiger partial charge in [-0.15, -0.1) is 22.7 Å². The number of thiophene rings is 1. The molecular weight excluding hydrogens is 300 g/mol. The van der Waals surface area contributed by atoms with Crippen LogP contribution < -0.4 is 5.32 Å². The fourth-order valence-electron chi connectivity index (χ4n) is 2.00. The third kappa shape index (κ3) is 3.04. The van der Waals surface area contributed by atoms with Crippen LogP contribution in [-0.2, 0) is 0 Å². The number of thiazole rings is 1. The van der Waals surface area contributed by atoms with Crippen molar-refractivity contribution in [3.05, 3.63) is 57.1 Å². The zero-order chi connectivity index (χ0) is 14.8. The van der Waals surface area contributed by atoms with E-state index in [1.165, 1.54) is 28.2 Å². The van der Waals surface area contributed by atoms with Crippen molar-refractivity contribution >= 4 is 33.7 Å². The minimum atomic E-state index is -0.103. The fourth-order valence-corrected chi connectivity index (χ4v) is 3.45. The van der Waals surface area contributed by atoms with E-state index >= 15 is 0 Å². The molecule has 0 spiro atoms. The molecule has 1 N–H and O–H groups in total. The van der Waals surface area contributed by atoms with Crippen molar-refractivity contribution in [2.24, 2.45) is 0 Å². The van der Waals surface area contributed by atoms with Gasteiger partial charge in [0.05, 0.1) is 10.6 Å². The van der Waals surface area contributed by atoms with Crippen LogP contribution in [0, 0.1) is 13.8 Å². The molecule has 3 nitrogen and oxygen atoms in total. The molecule has 0 fully saturated rings. The molecule has 1 amide bonds. The molecule has 0 saturated carbocycles. The highest BCUT2D eigenvalue weighted by Gasteiger charge is 2.13. The minimum Gasteiger partial charge on any atom is -0.297 e. The average molecular weight is 314 g/mol. The summed E-state index contributed by atoms with van der Waals surface area (Å²) in [5.41, 5.74) is 3.23. The van der Waals surface area contributed by atoms with E-state index in [0.717, 1.165) is 16.1 Å². The predicted molar refractivity (Wildman–Crippen MR) is 89.3 cm³/mol. The number of hydrogen-bond acceptors (Lipinski definition) is 4. The monoisotopic (exact) mass is 314 g/mol. The fraction of sp³-hybridized carbons (Fsp3) is 0.125. The maximum Gasteiger partial charge on any atom is 0.267 e. The number of carbonyl (C=O) groups is 1. The van der Waals surface area contributed by atoms with Crippen LogP contribution in [0.2, 0.25) is 0 Å². The molecule has 3 rings (SSSR count). The van der Waals surface area contributed by atoms with Gasteiger partial charge in [-0.1, -0.05) is 35.9 Å². The number of nitrogens with one attached hydrogen (secondary N) is 1. The van der Waals surface area contributed by atoms with Crippen LogP contribution in [0.3, 0.4) is 0 Å². The summed E-state index contributed by atoms with van der Waals surface area (Å²) in [6, 6.07) is 11.9. The highest BCUT2D eigenvalue weighted by molar-refractivity contribution is 7.16. The number of carbonyl (C=O) groups excluding carboxylic acids is 1. The van der Waals surface area contributed by atoms with Crippen LogP contribution in [-0.4, -0.2) is 10.9 Å². The molecule has 0 atom stereocenters. The third-order valence-corrected chi connectivity index (χ3v) is 4.84. The maximum absolute atomic E-state index is 12.0. The quantitative estimate of drug-likeness (QED) is 0.758. The lowest BCUT2D eigenvalue weighted by molar-refractivity contribution is 0.103. The van der Waals surface area contributed by atoms with Crippen LogP contribution in [0.15, 0.2) is 41.8 Å². The van der Waals surface area contributed by atoms with E-state index in [-0.39, 0.29) is 5.91 Å². The molecule has 3 aromatic rings. The van der Waals surface area contributed by atoms with E-state index in [9.17, 15) is 4.79 Å². The Labute approximate surface area is 131 Å². The van der Waals surface area contributed by atoms with E-state index in [2.05, 4.69) is 41.5 Å². The number of hydrogen-bond donors (Lipinski definition) is 1. The first-order valence-electron chi connectivity index (χ1n) is 6.53. The first-order chi connectivity index (χ1) is 10.1. The van der Waals surface area contributed by atoms with Gasteiger partial charge < -0.3 is 0 Å². The van der Waals surface area contributed by atoms with Gasteiger partial charge in [-0.3, -0.25) is 10.1 Å². The van der Waals surface area contributed by atoms with Crippen molar-refractivity contribution in [2.45, 2.75) is 13.8 Å². The molecule has 2 heterocycles. The average Bonchev–Trinajstić information content (AvgIpc) is 3.10. The maximum atomic E-state index is 12.0. The molecule has 0 aliphatic carbocycles. The van der Waals surface area contributed by atoms with Crippen molar-refractivity contribution in [3.63, 3.8) is 0 Å². The normalized spacial score (nSPS) is 10.6. The number of aryl methyl sites for hydroxylation is 2. The number of nitrogens with zero attached hydrogens (tertiary/aromatic N) is 1. The van der Waals surface area contributed by atoms with Gasteiger partial charge in [-0.25, -0.2) is 4.98 Å². The molecule has 2 aromatic heterocycles. The van der Waals surface area contributed by atoms with Crippen LogP contribution in [0.1, 0.15) is 20.1 Å². The highest BCUT2D eigenvalue weighted by Crippen LogP contribution is 2.30.